The SMILES string of the molecule is CCN(CCCO)c1cc(Cl)nnc1Cl. The van der Waals surface area contributed by atoms with Crippen molar-refractivity contribution >= 4 is 28.9 Å². The fraction of sp³-hybridized carbons (Fsp3) is 0.556. The molecule has 0 aromatic carbocycles. The Bertz CT molecular complexity index is 322. The molecule has 1 aromatic rings. The van der Waals surface area contributed by atoms with Gasteiger partial charge in [-0.3, -0.25) is 0 Å². The number of aromatic nitrogens is 2. The van der Waals surface area contributed by atoms with Crippen molar-refractivity contribution in [2.45, 2.75) is 13.3 Å². The molecular weight excluding hydrogens is 237 g/mol. The average molecular weight is 250 g/mol. The maximum atomic E-state index is 8.77. The van der Waals surface area contributed by atoms with Crippen molar-refractivity contribution in [2.24, 2.45) is 0 Å². The van der Waals surface area contributed by atoms with Crippen LogP contribution in [0.5, 0.6) is 0 Å². The Morgan fingerprint density at radius 3 is 2.73 bits per heavy atom. The standard InChI is InChI=1S/C9H13Cl2N3O/c1-2-14(4-3-5-15)7-6-8(10)12-13-9(7)11/h6,15H,2-5H2,1H3. The summed E-state index contributed by atoms with van der Waals surface area (Å²) in [5, 5.41) is 16.8. The van der Waals surface area contributed by atoms with Gasteiger partial charge in [0.15, 0.2) is 10.3 Å². The highest BCUT2D eigenvalue weighted by atomic mass is 35.5. The first-order valence-corrected chi connectivity index (χ1v) is 5.49. The summed E-state index contributed by atoms with van der Waals surface area (Å²) < 4.78 is 0. The van der Waals surface area contributed by atoms with Crippen LogP contribution in [0.4, 0.5) is 5.69 Å². The molecule has 0 amide bonds. The fourth-order valence-corrected chi connectivity index (χ4v) is 1.63. The molecule has 0 atom stereocenters. The van der Waals surface area contributed by atoms with Crippen molar-refractivity contribution in [3.8, 4) is 0 Å². The van der Waals surface area contributed by atoms with Crippen LogP contribution in [-0.4, -0.2) is 35.0 Å². The zero-order valence-electron chi connectivity index (χ0n) is 8.45. The maximum Gasteiger partial charge on any atom is 0.175 e. The molecule has 4 nitrogen and oxygen atoms in total. The van der Waals surface area contributed by atoms with Crippen molar-refractivity contribution in [3.63, 3.8) is 0 Å². The van der Waals surface area contributed by atoms with E-state index in [9.17, 15) is 0 Å². The van der Waals surface area contributed by atoms with Gasteiger partial charge in [-0.1, -0.05) is 23.2 Å². The van der Waals surface area contributed by atoms with Gasteiger partial charge < -0.3 is 10.0 Å². The monoisotopic (exact) mass is 249 g/mol. The second-order valence-electron chi connectivity index (χ2n) is 3.00. The molecule has 84 valence electrons. The van der Waals surface area contributed by atoms with Crippen LogP contribution in [0.2, 0.25) is 10.3 Å². The summed E-state index contributed by atoms with van der Waals surface area (Å²) in [5.41, 5.74) is 0.757. The van der Waals surface area contributed by atoms with Gasteiger partial charge in [-0.25, -0.2) is 0 Å². The number of anilines is 1. The summed E-state index contributed by atoms with van der Waals surface area (Å²) in [6.07, 6.45) is 0.685. The maximum absolute atomic E-state index is 8.77. The number of halogens is 2. The summed E-state index contributed by atoms with van der Waals surface area (Å²) in [6, 6.07) is 1.68. The lowest BCUT2D eigenvalue weighted by Crippen LogP contribution is -2.25. The van der Waals surface area contributed by atoms with Crippen molar-refractivity contribution < 1.29 is 5.11 Å². The molecule has 0 fully saturated rings. The Morgan fingerprint density at radius 2 is 2.13 bits per heavy atom. The minimum absolute atomic E-state index is 0.153. The molecule has 0 aliphatic rings. The van der Waals surface area contributed by atoms with Crippen LogP contribution in [0.1, 0.15) is 13.3 Å². The molecule has 6 heteroatoms. The van der Waals surface area contributed by atoms with E-state index in [1.165, 1.54) is 0 Å². The smallest absolute Gasteiger partial charge is 0.175 e. The van der Waals surface area contributed by atoms with Crippen molar-refractivity contribution in [1.29, 1.82) is 0 Å². The van der Waals surface area contributed by atoms with Gasteiger partial charge in [0.25, 0.3) is 0 Å². The summed E-state index contributed by atoms with van der Waals surface area (Å²) in [6.45, 7) is 3.65. The number of hydrogen-bond donors (Lipinski definition) is 1. The number of aliphatic hydroxyl groups excluding tert-OH is 1. The second kappa shape index (κ2) is 6.10. The normalized spacial score (nSPS) is 10.4. The first-order chi connectivity index (χ1) is 7.19. The first-order valence-electron chi connectivity index (χ1n) is 4.73. The lowest BCUT2D eigenvalue weighted by molar-refractivity contribution is 0.289. The van der Waals surface area contributed by atoms with Crippen molar-refractivity contribution in [3.05, 3.63) is 16.4 Å². The van der Waals surface area contributed by atoms with Gasteiger partial charge in [-0.2, -0.15) is 0 Å². The topological polar surface area (TPSA) is 49.2 Å². The van der Waals surface area contributed by atoms with Gasteiger partial charge in [0.2, 0.25) is 0 Å². The van der Waals surface area contributed by atoms with Crippen molar-refractivity contribution in [2.75, 3.05) is 24.6 Å². The van der Waals surface area contributed by atoms with Gasteiger partial charge in [0.05, 0.1) is 5.69 Å². The minimum Gasteiger partial charge on any atom is -0.396 e. The molecule has 1 aromatic heterocycles. The van der Waals surface area contributed by atoms with Gasteiger partial charge in [-0.15, -0.1) is 10.2 Å². The highest BCUT2D eigenvalue weighted by molar-refractivity contribution is 6.33. The Labute approximate surface area is 98.8 Å². The molecular formula is C9H13Cl2N3O. The molecule has 0 saturated heterocycles. The van der Waals surface area contributed by atoms with E-state index in [0.717, 1.165) is 18.8 Å². The van der Waals surface area contributed by atoms with Crippen LogP contribution in [0.3, 0.4) is 0 Å². The number of hydrogen-bond acceptors (Lipinski definition) is 4. The molecule has 1 heterocycles. The minimum atomic E-state index is 0.153. The molecule has 0 spiro atoms. The molecule has 15 heavy (non-hydrogen) atoms. The molecule has 1 rings (SSSR count). The van der Waals surface area contributed by atoms with Gasteiger partial charge in [0, 0.05) is 25.8 Å². The third-order valence-corrected chi connectivity index (χ3v) is 2.46. The first kappa shape index (κ1) is 12.5. The largest absolute Gasteiger partial charge is 0.396 e. The lowest BCUT2D eigenvalue weighted by Gasteiger charge is -2.22. The Morgan fingerprint density at radius 1 is 1.40 bits per heavy atom. The van der Waals surface area contributed by atoms with E-state index in [4.69, 9.17) is 28.3 Å². The van der Waals surface area contributed by atoms with E-state index in [-0.39, 0.29) is 6.61 Å². The zero-order valence-corrected chi connectivity index (χ0v) is 9.96. The van der Waals surface area contributed by atoms with E-state index < -0.39 is 0 Å². The Kier molecular flexibility index (Phi) is 5.08. The molecule has 0 bridgehead atoms. The predicted molar refractivity (Wildman–Crippen MR) is 61.6 cm³/mol. The Hall–Kier alpha value is -0.580. The van der Waals surface area contributed by atoms with Gasteiger partial charge >= 0.3 is 0 Å². The third kappa shape index (κ3) is 3.48. The van der Waals surface area contributed by atoms with Crippen molar-refractivity contribution in [1.82, 2.24) is 10.2 Å². The van der Waals surface area contributed by atoms with E-state index >= 15 is 0 Å². The summed E-state index contributed by atoms with van der Waals surface area (Å²) >= 11 is 11.7. The summed E-state index contributed by atoms with van der Waals surface area (Å²) in [4.78, 5) is 2.00. The summed E-state index contributed by atoms with van der Waals surface area (Å²) in [7, 11) is 0. The zero-order chi connectivity index (χ0) is 11.3. The highest BCUT2D eigenvalue weighted by Crippen LogP contribution is 2.25. The number of nitrogens with zero attached hydrogens (tertiary/aromatic N) is 3. The lowest BCUT2D eigenvalue weighted by atomic mass is 10.3. The number of rotatable bonds is 5. The molecule has 0 aliphatic heterocycles. The van der Waals surface area contributed by atoms with Crippen LogP contribution in [0.15, 0.2) is 6.07 Å². The van der Waals surface area contributed by atoms with E-state index in [1.54, 1.807) is 6.07 Å². The van der Waals surface area contributed by atoms with Crippen LogP contribution in [0, 0.1) is 0 Å². The Balaban J connectivity index is 2.85. The van der Waals surface area contributed by atoms with Crippen LogP contribution in [-0.2, 0) is 0 Å². The second-order valence-corrected chi connectivity index (χ2v) is 3.75. The fourth-order valence-electron chi connectivity index (χ4n) is 1.28. The van der Waals surface area contributed by atoms with E-state index in [0.29, 0.717) is 16.7 Å². The van der Waals surface area contributed by atoms with Crippen LogP contribution >= 0.6 is 23.2 Å². The van der Waals surface area contributed by atoms with Crippen LogP contribution < -0.4 is 4.90 Å². The molecule has 0 saturated carbocycles. The predicted octanol–water partition coefficient (Wildman–Crippen LogP) is 1.99. The van der Waals surface area contributed by atoms with Crippen LogP contribution in [0.25, 0.3) is 0 Å². The third-order valence-electron chi connectivity index (χ3n) is 2.01. The number of aliphatic hydroxyl groups is 1. The highest BCUT2D eigenvalue weighted by Gasteiger charge is 2.10. The van der Waals surface area contributed by atoms with E-state index in [2.05, 4.69) is 10.2 Å². The molecule has 0 unspecified atom stereocenters. The quantitative estimate of drug-likeness (QED) is 0.868. The van der Waals surface area contributed by atoms with Gasteiger partial charge in [0.1, 0.15) is 0 Å². The average Bonchev–Trinajstić information content (AvgIpc) is 2.24. The molecule has 0 radical (unpaired) electrons. The van der Waals surface area contributed by atoms with Gasteiger partial charge in [-0.05, 0) is 13.3 Å². The molecule has 0 aliphatic carbocycles. The molecule has 1 N–H and O–H groups in total. The summed E-state index contributed by atoms with van der Waals surface area (Å²) in [5.74, 6) is 0. The van der Waals surface area contributed by atoms with E-state index in [1.807, 2.05) is 11.8 Å².